The highest BCUT2D eigenvalue weighted by atomic mass is 15.1. The first kappa shape index (κ1) is 13.1. The monoisotopic (exact) mass is 191 g/mol. The molecule has 0 rings (SSSR count). The molecule has 0 aliphatic rings. The Labute approximate surface area is 89.6 Å². The lowest BCUT2D eigenvalue weighted by atomic mass is 9.99. The zero-order valence-electron chi connectivity index (χ0n) is 10.4. The first-order chi connectivity index (χ1) is 6.40. The van der Waals surface area contributed by atoms with Crippen LogP contribution in [-0.2, 0) is 0 Å². The molecule has 14 heavy (non-hydrogen) atoms. The summed E-state index contributed by atoms with van der Waals surface area (Å²) in [7, 11) is 2.11. The molecule has 0 radical (unpaired) electrons. The summed E-state index contributed by atoms with van der Waals surface area (Å²) in [4.78, 5) is 2.26. The van der Waals surface area contributed by atoms with Gasteiger partial charge in [-0.05, 0) is 40.0 Å². The largest absolute Gasteiger partial charge is 0.346 e. The van der Waals surface area contributed by atoms with E-state index in [-0.39, 0.29) is 0 Å². The molecule has 0 aliphatic carbocycles. The van der Waals surface area contributed by atoms with Crippen LogP contribution in [0.4, 0.5) is 0 Å². The second-order valence-corrected chi connectivity index (χ2v) is 4.30. The molecule has 0 bridgehead atoms. The normalized spacial score (nSPS) is 11.4. The third kappa shape index (κ3) is 3.86. The van der Waals surface area contributed by atoms with Crippen LogP contribution in [0.3, 0.4) is 0 Å². The molecule has 78 valence electrons. The minimum absolute atomic E-state index is 0.466. The smallest absolute Gasteiger partial charge is 0.135 e. The van der Waals surface area contributed by atoms with E-state index in [1.807, 2.05) is 6.08 Å². The van der Waals surface area contributed by atoms with Crippen LogP contribution in [0.15, 0.2) is 35.6 Å². The van der Waals surface area contributed by atoms with E-state index in [9.17, 15) is 0 Å². The quantitative estimate of drug-likeness (QED) is 0.487. The van der Waals surface area contributed by atoms with Crippen molar-refractivity contribution in [3.8, 4) is 0 Å². The molecule has 0 amide bonds. The molecule has 1 nitrogen and oxygen atoms in total. The fourth-order valence-electron chi connectivity index (χ4n) is 1.34. The van der Waals surface area contributed by atoms with Crippen molar-refractivity contribution in [2.75, 3.05) is 0 Å². The van der Waals surface area contributed by atoms with Crippen molar-refractivity contribution >= 4 is 7.85 Å². The maximum atomic E-state index is 3.86. The fraction of sp³-hybridized carbons (Fsp3) is 0.500. The van der Waals surface area contributed by atoms with E-state index in [2.05, 4.69) is 60.1 Å². The zero-order valence-corrected chi connectivity index (χ0v) is 10.4. The van der Waals surface area contributed by atoms with Gasteiger partial charge < -0.3 is 4.90 Å². The van der Waals surface area contributed by atoms with Gasteiger partial charge in [-0.3, -0.25) is 0 Å². The second kappa shape index (κ2) is 5.74. The van der Waals surface area contributed by atoms with Crippen LogP contribution in [0.2, 0.25) is 0 Å². The fourth-order valence-corrected chi connectivity index (χ4v) is 1.34. The number of nitrogens with zero attached hydrogens (tertiary/aromatic N) is 1. The van der Waals surface area contributed by atoms with Gasteiger partial charge in [-0.2, -0.15) is 0 Å². The van der Waals surface area contributed by atoms with Gasteiger partial charge in [-0.15, -0.1) is 0 Å². The summed E-state index contributed by atoms with van der Waals surface area (Å²) in [6.45, 7) is 14.6. The lowest BCUT2D eigenvalue weighted by Gasteiger charge is -2.28. The first-order valence-corrected chi connectivity index (χ1v) is 5.13. The highest BCUT2D eigenvalue weighted by Gasteiger charge is 2.08. The van der Waals surface area contributed by atoms with Crippen molar-refractivity contribution in [1.29, 1.82) is 0 Å². The molecule has 0 saturated carbocycles. The van der Waals surface area contributed by atoms with Crippen molar-refractivity contribution in [2.24, 2.45) is 0 Å². The highest BCUT2D eigenvalue weighted by molar-refractivity contribution is 6.21. The van der Waals surface area contributed by atoms with Gasteiger partial charge in [-0.25, -0.2) is 0 Å². The summed E-state index contributed by atoms with van der Waals surface area (Å²) >= 11 is 0. The van der Waals surface area contributed by atoms with E-state index >= 15 is 0 Å². The van der Waals surface area contributed by atoms with Crippen LogP contribution in [0.1, 0.15) is 34.6 Å². The van der Waals surface area contributed by atoms with Gasteiger partial charge in [-0.1, -0.05) is 24.5 Å². The van der Waals surface area contributed by atoms with Gasteiger partial charge in [0.2, 0.25) is 0 Å². The van der Waals surface area contributed by atoms with E-state index in [1.165, 1.54) is 16.7 Å². The average molecular weight is 191 g/mol. The lowest BCUT2D eigenvalue weighted by molar-refractivity contribution is 0.390. The van der Waals surface area contributed by atoms with E-state index < -0.39 is 0 Å². The molecule has 0 aromatic carbocycles. The minimum Gasteiger partial charge on any atom is -0.346 e. The molecular formula is C12H22BN. The van der Waals surface area contributed by atoms with Gasteiger partial charge >= 0.3 is 0 Å². The van der Waals surface area contributed by atoms with Gasteiger partial charge in [0.1, 0.15) is 7.85 Å². The zero-order chi connectivity index (χ0) is 11.3. The molecule has 0 atom stereocenters. The third-order valence-electron chi connectivity index (χ3n) is 1.94. The average Bonchev–Trinajstić information content (AvgIpc) is 2.02. The number of allylic oxidation sites excluding steroid dienone is 3. The van der Waals surface area contributed by atoms with Crippen molar-refractivity contribution in [2.45, 2.75) is 40.7 Å². The molecule has 0 spiro atoms. The Balaban J connectivity index is 5.11. The Morgan fingerprint density at radius 3 is 2.00 bits per heavy atom. The SMILES string of the molecule is B/C(C)=C\N(C(C=C)=C(C)C)C(C)C. The van der Waals surface area contributed by atoms with Gasteiger partial charge in [0.05, 0.1) is 0 Å². The Morgan fingerprint density at radius 1 is 1.29 bits per heavy atom. The predicted octanol–water partition coefficient (Wildman–Crippen LogP) is 2.67. The maximum Gasteiger partial charge on any atom is 0.135 e. The summed E-state index contributed by atoms with van der Waals surface area (Å²) in [5, 5.41) is 0. The van der Waals surface area contributed by atoms with E-state index in [1.54, 1.807) is 0 Å². The van der Waals surface area contributed by atoms with Crippen LogP contribution in [0.25, 0.3) is 0 Å². The predicted molar refractivity (Wildman–Crippen MR) is 67.8 cm³/mol. The van der Waals surface area contributed by atoms with Crippen LogP contribution in [0.5, 0.6) is 0 Å². The van der Waals surface area contributed by atoms with Crippen LogP contribution < -0.4 is 0 Å². The summed E-state index contributed by atoms with van der Waals surface area (Å²) in [5.74, 6) is 0. The number of rotatable bonds is 4. The summed E-state index contributed by atoms with van der Waals surface area (Å²) in [6.07, 6.45) is 4.10. The van der Waals surface area contributed by atoms with E-state index in [4.69, 9.17) is 0 Å². The molecule has 0 saturated heterocycles. The Morgan fingerprint density at radius 2 is 1.79 bits per heavy atom. The highest BCUT2D eigenvalue weighted by Crippen LogP contribution is 2.16. The third-order valence-corrected chi connectivity index (χ3v) is 1.94. The molecule has 0 unspecified atom stereocenters. The maximum absolute atomic E-state index is 3.86. The Kier molecular flexibility index (Phi) is 5.36. The molecule has 0 aromatic rings. The van der Waals surface area contributed by atoms with Crippen LogP contribution in [-0.4, -0.2) is 18.8 Å². The molecule has 0 N–H and O–H groups in total. The minimum atomic E-state index is 0.466. The van der Waals surface area contributed by atoms with Crippen molar-refractivity contribution in [3.63, 3.8) is 0 Å². The van der Waals surface area contributed by atoms with Gasteiger partial charge in [0.25, 0.3) is 0 Å². The molecule has 0 heterocycles. The van der Waals surface area contributed by atoms with Crippen molar-refractivity contribution in [3.05, 3.63) is 35.6 Å². The summed E-state index contributed by atoms with van der Waals surface area (Å²) in [6, 6.07) is 0.466. The van der Waals surface area contributed by atoms with Crippen molar-refractivity contribution < 1.29 is 0 Å². The molecule has 0 aliphatic heterocycles. The van der Waals surface area contributed by atoms with E-state index in [0.717, 1.165) is 0 Å². The van der Waals surface area contributed by atoms with Crippen molar-refractivity contribution in [1.82, 2.24) is 4.90 Å². The Bertz CT molecular complexity index is 253. The molecule has 0 fully saturated rings. The molecule has 2 heteroatoms. The van der Waals surface area contributed by atoms with Gasteiger partial charge in [0, 0.05) is 11.7 Å². The molecule has 0 aromatic heterocycles. The number of hydrogen-bond donors (Lipinski definition) is 0. The number of hydrogen-bond acceptors (Lipinski definition) is 1. The summed E-state index contributed by atoms with van der Waals surface area (Å²) < 4.78 is 0. The second-order valence-electron chi connectivity index (χ2n) is 4.30. The van der Waals surface area contributed by atoms with Crippen LogP contribution >= 0.6 is 0 Å². The van der Waals surface area contributed by atoms with E-state index in [0.29, 0.717) is 6.04 Å². The topological polar surface area (TPSA) is 3.24 Å². The standard InChI is InChI=1S/C12H22BN/c1-7-12(9(2)3)14(10(4)5)8-11(6)13/h7-8,10H,1,13H2,2-6H3/b11-8-. The summed E-state index contributed by atoms with van der Waals surface area (Å²) in [5.41, 5.74) is 3.81. The Hall–Kier alpha value is -0.915. The molecular weight excluding hydrogens is 169 g/mol. The van der Waals surface area contributed by atoms with Crippen LogP contribution in [0, 0.1) is 0 Å². The lowest BCUT2D eigenvalue weighted by Crippen LogP contribution is -2.25. The first-order valence-electron chi connectivity index (χ1n) is 5.13. The van der Waals surface area contributed by atoms with Gasteiger partial charge in [0.15, 0.2) is 0 Å².